The van der Waals surface area contributed by atoms with E-state index in [9.17, 15) is 13.9 Å². The zero-order chi connectivity index (χ0) is 6.78. The molecule has 48 valence electrons. The Morgan fingerprint density at radius 3 is 2.00 bits per heavy atom. The predicted molar refractivity (Wildman–Crippen MR) is 24.4 cm³/mol. The van der Waals surface area contributed by atoms with Gasteiger partial charge in [-0.1, -0.05) is 11.8 Å². The minimum atomic E-state index is -3.19. The molecule has 0 fully saturated rings. The van der Waals surface area contributed by atoms with Crippen LogP contribution >= 0.6 is 0 Å². The second-order valence-electron chi connectivity index (χ2n) is 1.54. The van der Waals surface area contributed by atoms with Gasteiger partial charge in [-0.05, 0) is 6.92 Å². The zero-order valence-corrected chi connectivity index (χ0v) is 4.74. The van der Waals surface area contributed by atoms with E-state index < -0.39 is 11.7 Å². The number of hydrogen-bond donors (Lipinski definition) is 0. The van der Waals surface area contributed by atoms with Crippen molar-refractivity contribution in [3.05, 3.63) is 11.8 Å². The van der Waals surface area contributed by atoms with Gasteiger partial charge in [0.1, 0.15) is 0 Å². The van der Waals surface area contributed by atoms with Gasteiger partial charge in [-0.15, -0.1) is 0 Å². The van der Waals surface area contributed by atoms with Gasteiger partial charge in [0.25, 0.3) is 5.92 Å². The summed E-state index contributed by atoms with van der Waals surface area (Å²) in [4.78, 5) is 0. The van der Waals surface area contributed by atoms with Gasteiger partial charge < -0.3 is 5.11 Å². The molecule has 0 unspecified atom stereocenters. The second-order valence-corrected chi connectivity index (χ2v) is 1.54. The molecule has 0 aliphatic heterocycles. The highest BCUT2D eigenvalue weighted by molar-refractivity contribution is 4.96. The van der Waals surface area contributed by atoms with E-state index in [0.717, 1.165) is 6.08 Å². The smallest absolute Gasteiger partial charge is 0.256 e. The van der Waals surface area contributed by atoms with Gasteiger partial charge in [0, 0.05) is 6.92 Å². The molecular weight excluding hydrogens is 114 g/mol. The lowest BCUT2D eigenvalue weighted by Gasteiger charge is -2.18. The van der Waals surface area contributed by atoms with E-state index in [1.807, 2.05) is 0 Å². The summed E-state index contributed by atoms with van der Waals surface area (Å²) in [6, 6.07) is 0. The summed E-state index contributed by atoms with van der Waals surface area (Å²) >= 11 is 0. The summed E-state index contributed by atoms with van der Waals surface area (Å²) < 4.78 is 23.5. The number of halogens is 2. The van der Waals surface area contributed by atoms with Crippen molar-refractivity contribution in [1.82, 2.24) is 0 Å². The molecule has 0 aromatic rings. The minimum Gasteiger partial charge on any atom is -0.872 e. The third-order valence-electron chi connectivity index (χ3n) is 0.695. The van der Waals surface area contributed by atoms with E-state index in [-0.39, 0.29) is 0 Å². The van der Waals surface area contributed by atoms with Crippen LogP contribution in [-0.4, -0.2) is 5.92 Å². The number of hydrogen-bond acceptors (Lipinski definition) is 1. The van der Waals surface area contributed by atoms with Crippen molar-refractivity contribution >= 4 is 0 Å². The third-order valence-corrected chi connectivity index (χ3v) is 0.695. The average Bonchev–Trinajstić information content (AvgIpc) is 1.62. The maximum Gasteiger partial charge on any atom is 0.256 e. The van der Waals surface area contributed by atoms with Crippen LogP contribution in [-0.2, 0) is 0 Å². The lowest BCUT2D eigenvalue weighted by atomic mass is 10.3. The first kappa shape index (κ1) is 7.40. The fourth-order valence-corrected chi connectivity index (χ4v) is 0.253. The van der Waals surface area contributed by atoms with Crippen molar-refractivity contribution in [3.63, 3.8) is 0 Å². The first-order chi connectivity index (χ1) is 3.48. The molecule has 1 nitrogen and oxygen atoms in total. The Morgan fingerprint density at radius 2 is 2.00 bits per heavy atom. The summed E-state index contributed by atoms with van der Waals surface area (Å²) in [7, 11) is 0. The lowest BCUT2D eigenvalue weighted by molar-refractivity contribution is -0.338. The molecule has 0 rings (SSSR count). The highest BCUT2D eigenvalue weighted by Crippen LogP contribution is 2.17. The van der Waals surface area contributed by atoms with Crippen LogP contribution in [0.5, 0.6) is 0 Å². The van der Waals surface area contributed by atoms with Crippen LogP contribution in [0.25, 0.3) is 0 Å². The molecule has 0 aromatic carbocycles. The first-order valence-electron chi connectivity index (χ1n) is 2.20. The highest BCUT2D eigenvalue weighted by Gasteiger charge is 2.17. The van der Waals surface area contributed by atoms with Crippen LogP contribution in [0.1, 0.15) is 13.8 Å². The quantitative estimate of drug-likeness (QED) is 0.473. The van der Waals surface area contributed by atoms with Crippen LogP contribution in [0.2, 0.25) is 0 Å². The standard InChI is InChI=1S/C5H8F2O/c1-3-4(8)5(2,6)7/h3,8H,1-2H3/p-1. The minimum absolute atomic E-state index is 0.579. The van der Waals surface area contributed by atoms with Crippen LogP contribution < -0.4 is 5.11 Å². The summed E-state index contributed by atoms with van der Waals surface area (Å²) in [5.41, 5.74) is 0. The maximum atomic E-state index is 11.7. The second kappa shape index (κ2) is 2.11. The van der Waals surface area contributed by atoms with Gasteiger partial charge >= 0.3 is 0 Å². The Labute approximate surface area is 46.6 Å². The molecule has 0 bridgehead atoms. The van der Waals surface area contributed by atoms with Gasteiger partial charge in [0.15, 0.2) is 0 Å². The fraction of sp³-hybridized carbons (Fsp3) is 0.600. The zero-order valence-electron chi connectivity index (χ0n) is 4.74. The molecule has 0 aliphatic carbocycles. The van der Waals surface area contributed by atoms with Crippen molar-refractivity contribution < 1.29 is 13.9 Å². The van der Waals surface area contributed by atoms with Crippen molar-refractivity contribution in [2.45, 2.75) is 19.8 Å². The normalized spacial score (nSPS) is 14.2. The summed E-state index contributed by atoms with van der Waals surface area (Å²) in [6.45, 7) is 1.87. The average molecular weight is 121 g/mol. The molecular formula is C5H7F2O-. The van der Waals surface area contributed by atoms with Crippen LogP contribution in [0.3, 0.4) is 0 Å². The van der Waals surface area contributed by atoms with E-state index in [1.165, 1.54) is 6.92 Å². The van der Waals surface area contributed by atoms with E-state index in [0.29, 0.717) is 6.92 Å². The topological polar surface area (TPSA) is 23.1 Å². The van der Waals surface area contributed by atoms with Crippen molar-refractivity contribution in [1.29, 1.82) is 0 Å². The Bertz CT molecular complexity index is 101. The Morgan fingerprint density at radius 1 is 1.62 bits per heavy atom. The molecule has 0 spiro atoms. The molecule has 0 aromatic heterocycles. The number of allylic oxidation sites excluding steroid dienone is 2. The van der Waals surface area contributed by atoms with Crippen molar-refractivity contribution in [2.75, 3.05) is 0 Å². The highest BCUT2D eigenvalue weighted by atomic mass is 19.3. The lowest BCUT2D eigenvalue weighted by Crippen LogP contribution is -2.23. The molecule has 0 N–H and O–H groups in total. The van der Waals surface area contributed by atoms with E-state index in [2.05, 4.69) is 0 Å². The Balaban J connectivity index is 4.03. The summed E-state index contributed by atoms with van der Waals surface area (Å²) in [6.07, 6.45) is 0.861. The van der Waals surface area contributed by atoms with Crippen molar-refractivity contribution in [2.24, 2.45) is 0 Å². The Hall–Kier alpha value is -0.600. The monoisotopic (exact) mass is 121 g/mol. The molecule has 3 heteroatoms. The maximum absolute atomic E-state index is 11.7. The summed E-state index contributed by atoms with van der Waals surface area (Å²) in [5, 5.41) is 10.0. The molecule has 0 aliphatic rings. The van der Waals surface area contributed by atoms with E-state index in [1.54, 1.807) is 0 Å². The largest absolute Gasteiger partial charge is 0.872 e. The molecule has 0 saturated heterocycles. The Kier molecular flexibility index (Phi) is 1.95. The summed E-state index contributed by atoms with van der Waals surface area (Å²) in [5.74, 6) is -4.31. The number of rotatable bonds is 1. The molecule has 0 radical (unpaired) electrons. The number of alkyl halides is 2. The predicted octanol–water partition coefficient (Wildman–Crippen LogP) is 0.906. The SMILES string of the molecule is CC=C([O-])C(C)(F)F. The molecule has 0 heterocycles. The van der Waals surface area contributed by atoms with Crippen molar-refractivity contribution in [3.8, 4) is 0 Å². The van der Waals surface area contributed by atoms with E-state index >= 15 is 0 Å². The first-order valence-corrected chi connectivity index (χ1v) is 2.20. The van der Waals surface area contributed by atoms with Gasteiger partial charge in [-0.3, -0.25) is 0 Å². The molecule has 0 amide bonds. The third kappa shape index (κ3) is 1.91. The van der Waals surface area contributed by atoms with Crippen LogP contribution in [0, 0.1) is 0 Å². The molecule has 8 heavy (non-hydrogen) atoms. The van der Waals surface area contributed by atoms with Gasteiger partial charge in [-0.25, -0.2) is 8.78 Å². The van der Waals surface area contributed by atoms with Gasteiger partial charge in [-0.2, -0.15) is 0 Å². The van der Waals surface area contributed by atoms with E-state index in [4.69, 9.17) is 0 Å². The fourth-order valence-electron chi connectivity index (χ4n) is 0.253. The van der Waals surface area contributed by atoms with Gasteiger partial charge in [0.2, 0.25) is 0 Å². The van der Waals surface area contributed by atoms with Crippen LogP contribution in [0.15, 0.2) is 11.8 Å². The van der Waals surface area contributed by atoms with Crippen LogP contribution in [0.4, 0.5) is 8.78 Å². The molecule has 0 saturated carbocycles. The van der Waals surface area contributed by atoms with Gasteiger partial charge in [0.05, 0.1) is 0 Å². The molecule has 0 atom stereocenters.